The van der Waals surface area contributed by atoms with E-state index in [1.165, 1.54) is 0 Å². The quantitative estimate of drug-likeness (QED) is 0.400. The molecule has 0 spiro atoms. The lowest BCUT2D eigenvalue weighted by Gasteiger charge is -1.88. The highest BCUT2D eigenvalue weighted by molar-refractivity contribution is 7.79. The van der Waals surface area contributed by atoms with Gasteiger partial charge in [-0.3, -0.25) is 9.11 Å². The van der Waals surface area contributed by atoms with E-state index in [2.05, 4.69) is 0 Å². The van der Waals surface area contributed by atoms with Gasteiger partial charge in [0, 0.05) is 5.88 Å². The van der Waals surface area contributed by atoms with Crippen LogP contribution in [-0.2, 0) is 10.4 Å². The molecule has 0 aliphatic rings. The van der Waals surface area contributed by atoms with Crippen LogP contribution in [0.2, 0.25) is 0 Å². The molecule has 1 atom stereocenters. The Morgan fingerprint density at radius 2 is 1.60 bits per heavy atom. The fraction of sp³-hybridized carbons (Fsp3) is 1.00. The average Bonchev–Trinajstić information content (AvgIpc) is 1.61. The third-order valence-corrected chi connectivity index (χ3v) is 0.670. The zero-order valence-electron chi connectivity index (χ0n) is 5.23. The predicted molar refractivity (Wildman–Crippen MR) is 36.6 cm³/mol. The van der Waals surface area contributed by atoms with Crippen molar-refractivity contribution >= 4 is 22.0 Å². The van der Waals surface area contributed by atoms with Crippen molar-refractivity contribution < 1.29 is 22.6 Å². The Kier molecular flexibility index (Phi) is 7.50. The Morgan fingerprint density at radius 3 is 1.60 bits per heavy atom. The second-order valence-corrected chi connectivity index (χ2v) is 2.66. The summed E-state index contributed by atoms with van der Waals surface area (Å²) < 4.78 is 31.6. The maximum Gasteiger partial charge on any atom is 0.394 e. The molecule has 0 heterocycles. The Balaban J connectivity index is 0. The normalized spacial score (nSPS) is 13.3. The molecule has 0 amide bonds. The highest BCUT2D eigenvalue weighted by atomic mass is 35.5. The van der Waals surface area contributed by atoms with Gasteiger partial charge in [0.15, 0.2) is 0 Å². The molecular weight excluding hydrogens is 184 g/mol. The van der Waals surface area contributed by atoms with Gasteiger partial charge in [-0.15, -0.1) is 11.6 Å². The van der Waals surface area contributed by atoms with E-state index in [9.17, 15) is 0 Å². The van der Waals surface area contributed by atoms with Crippen molar-refractivity contribution in [3.05, 3.63) is 0 Å². The van der Waals surface area contributed by atoms with Crippen LogP contribution in [0.3, 0.4) is 0 Å². The van der Waals surface area contributed by atoms with E-state index in [1.54, 1.807) is 6.92 Å². The topological polar surface area (TPSA) is 94.8 Å². The molecule has 7 heteroatoms. The highest BCUT2D eigenvalue weighted by Crippen LogP contribution is 1.80. The summed E-state index contributed by atoms with van der Waals surface area (Å²) in [5.74, 6) is 0.333. The van der Waals surface area contributed by atoms with Gasteiger partial charge in [-0.25, -0.2) is 0 Å². The van der Waals surface area contributed by atoms with Crippen LogP contribution >= 0.6 is 11.6 Å². The van der Waals surface area contributed by atoms with Gasteiger partial charge in [0.2, 0.25) is 0 Å². The summed E-state index contributed by atoms with van der Waals surface area (Å²) >= 11 is 5.09. The van der Waals surface area contributed by atoms with E-state index in [-0.39, 0.29) is 6.10 Å². The first kappa shape index (κ1) is 12.8. The molecule has 5 nitrogen and oxygen atoms in total. The lowest BCUT2D eigenvalue weighted by Crippen LogP contribution is -1.98. The van der Waals surface area contributed by atoms with Crippen molar-refractivity contribution in [1.82, 2.24) is 0 Å². The van der Waals surface area contributed by atoms with E-state index in [0.717, 1.165) is 0 Å². The Labute approximate surface area is 64.2 Å². The number of hydrogen-bond donors (Lipinski definition) is 3. The highest BCUT2D eigenvalue weighted by Gasteiger charge is 1.84. The van der Waals surface area contributed by atoms with Crippen LogP contribution in [-0.4, -0.2) is 34.6 Å². The number of aliphatic hydroxyl groups is 1. The zero-order chi connectivity index (χ0) is 8.78. The van der Waals surface area contributed by atoms with Crippen LogP contribution in [0.5, 0.6) is 0 Å². The molecule has 3 N–H and O–H groups in total. The average molecular weight is 193 g/mol. The predicted octanol–water partition coefficient (Wildman–Crippen LogP) is -0.0468. The van der Waals surface area contributed by atoms with Crippen molar-refractivity contribution in [2.24, 2.45) is 0 Å². The van der Waals surface area contributed by atoms with Gasteiger partial charge in [-0.2, -0.15) is 8.42 Å². The van der Waals surface area contributed by atoms with Gasteiger partial charge in [0.05, 0.1) is 6.10 Å². The molecule has 0 aromatic rings. The van der Waals surface area contributed by atoms with E-state index in [1.807, 2.05) is 0 Å². The minimum atomic E-state index is -4.67. The van der Waals surface area contributed by atoms with Crippen molar-refractivity contribution in [2.45, 2.75) is 13.0 Å². The van der Waals surface area contributed by atoms with Gasteiger partial charge in [-0.1, -0.05) is 0 Å². The van der Waals surface area contributed by atoms with Crippen molar-refractivity contribution in [3.63, 3.8) is 0 Å². The Morgan fingerprint density at radius 1 is 1.50 bits per heavy atom. The monoisotopic (exact) mass is 192 g/mol. The molecule has 0 fully saturated rings. The molecule has 0 saturated heterocycles. The molecular formula is C3H9ClO5S. The molecule has 0 bridgehead atoms. The number of rotatable bonds is 1. The van der Waals surface area contributed by atoms with Crippen LogP contribution in [0.4, 0.5) is 0 Å². The third kappa shape index (κ3) is 91.6. The summed E-state index contributed by atoms with van der Waals surface area (Å²) in [6.07, 6.45) is -0.350. The Bertz CT molecular complexity index is 142. The molecule has 0 saturated carbocycles. The van der Waals surface area contributed by atoms with Crippen LogP contribution < -0.4 is 0 Å². The zero-order valence-corrected chi connectivity index (χ0v) is 6.80. The summed E-state index contributed by atoms with van der Waals surface area (Å²) in [5.41, 5.74) is 0. The van der Waals surface area contributed by atoms with Crippen molar-refractivity contribution in [1.29, 1.82) is 0 Å². The van der Waals surface area contributed by atoms with E-state index < -0.39 is 10.4 Å². The molecule has 64 valence electrons. The fourth-order valence-electron chi connectivity index (χ4n) is 0. The molecule has 0 rings (SSSR count). The smallest absolute Gasteiger partial charge is 0.392 e. The number of halogens is 1. The molecule has 0 aliphatic carbocycles. The standard InChI is InChI=1S/C3H7ClO.H2O4S/c1-3(5)2-4;1-5(2,3)4/h3,5H,2H2,1H3;(H2,1,2,3,4). The summed E-state index contributed by atoms with van der Waals surface area (Å²) in [4.78, 5) is 0. The second-order valence-electron chi connectivity index (χ2n) is 1.45. The number of aliphatic hydroxyl groups excluding tert-OH is 1. The first-order chi connectivity index (χ1) is 4.27. The minimum Gasteiger partial charge on any atom is -0.392 e. The molecule has 0 radical (unpaired) electrons. The molecule has 0 aromatic carbocycles. The summed E-state index contributed by atoms with van der Waals surface area (Å²) in [6, 6.07) is 0. The SMILES string of the molecule is CC(O)CCl.O=S(=O)(O)O. The van der Waals surface area contributed by atoms with E-state index >= 15 is 0 Å². The van der Waals surface area contributed by atoms with Gasteiger partial charge in [0.25, 0.3) is 0 Å². The van der Waals surface area contributed by atoms with Crippen molar-refractivity contribution in [3.8, 4) is 0 Å². The Hall–Kier alpha value is 0.120. The van der Waals surface area contributed by atoms with E-state index in [0.29, 0.717) is 5.88 Å². The second kappa shape index (κ2) is 5.87. The summed E-state index contributed by atoms with van der Waals surface area (Å²) in [5, 5.41) is 8.23. The number of hydrogen-bond acceptors (Lipinski definition) is 3. The van der Waals surface area contributed by atoms with Gasteiger partial charge >= 0.3 is 10.4 Å². The number of alkyl halides is 1. The van der Waals surface area contributed by atoms with Crippen LogP contribution in [0, 0.1) is 0 Å². The first-order valence-electron chi connectivity index (χ1n) is 2.21. The molecule has 0 aromatic heterocycles. The first-order valence-corrected chi connectivity index (χ1v) is 4.14. The summed E-state index contributed by atoms with van der Waals surface area (Å²) in [7, 11) is -4.67. The lowest BCUT2D eigenvalue weighted by atomic mass is 10.5. The lowest BCUT2D eigenvalue weighted by molar-refractivity contribution is 0.219. The molecule has 0 aliphatic heterocycles. The van der Waals surface area contributed by atoms with Crippen LogP contribution in [0.1, 0.15) is 6.92 Å². The molecule has 10 heavy (non-hydrogen) atoms. The van der Waals surface area contributed by atoms with Gasteiger partial charge < -0.3 is 5.11 Å². The summed E-state index contributed by atoms with van der Waals surface area (Å²) in [6.45, 7) is 1.65. The van der Waals surface area contributed by atoms with Crippen LogP contribution in [0.25, 0.3) is 0 Å². The van der Waals surface area contributed by atoms with Crippen LogP contribution in [0.15, 0.2) is 0 Å². The van der Waals surface area contributed by atoms with E-state index in [4.69, 9.17) is 34.2 Å². The third-order valence-electron chi connectivity index (χ3n) is 0.223. The maximum atomic E-state index is 8.74. The maximum absolute atomic E-state index is 8.74. The van der Waals surface area contributed by atoms with Gasteiger partial charge in [0.1, 0.15) is 0 Å². The van der Waals surface area contributed by atoms with Gasteiger partial charge in [-0.05, 0) is 6.92 Å². The fourth-order valence-corrected chi connectivity index (χ4v) is 0. The van der Waals surface area contributed by atoms with Crippen molar-refractivity contribution in [2.75, 3.05) is 5.88 Å². The molecule has 1 unspecified atom stereocenters. The largest absolute Gasteiger partial charge is 0.394 e. The minimum absolute atomic E-state index is 0.333.